The predicted octanol–water partition coefficient (Wildman–Crippen LogP) is 3.09. The Bertz CT molecular complexity index is 988. The van der Waals surface area contributed by atoms with E-state index in [9.17, 15) is 10.5 Å². The molecule has 2 N–H and O–H groups in total. The molecule has 7 heteroatoms. The second-order valence-electron chi connectivity index (χ2n) is 6.80. The first-order valence-electron chi connectivity index (χ1n) is 9.26. The molecule has 140 valence electrons. The van der Waals surface area contributed by atoms with Gasteiger partial charge in [-0.05, 0) is 31.0 Å². The number of hydrogen-bond donors (Lipinski definition) is 1. The van der Waals surface area contributed by atoms with E-state index in [1.807, 2.05) is 42.5 Å². The highest BCUT2D eigenvalue weighted by atomic mass is 16.4. The van der Waals surface area contributed by atoms with Gasteiger partial charge in [0.05, 0.1) is 23.0 Å². The summed E-state index contributed by atoms with van der Waals surface area (Å²) in [7, 11) is 0. The van der Waals surface area contributed by atoms with E-state index in [-0.39, 0.29) is 5.57 Å². The zero-order valence-corrected chi connectivity index (χ0v) is 15.3. The van der Waals surface area contributed by atoms with E-state index in [1.54, 1.807) is 11.1 Å². The maximum atomic E-state index is 9.70. The lowest BCUT2D eigenvalue weighted by molar-refractivity contribution is 0.547. The van der Waals surface area contributed by atoms with Crippen molar-refractivity contribution in [2.45, 2.75) is 19.0 Å². The molecule has 2 atom stereocenters. The second-order valence-corrected chi connectivity index (χ2v) is 6.80. The largest absolute Gasteiger partial charge is 0.441 e. The Hall–Kier alpha value is -3.55. The molecule has 1 aromatic heterocycles. The van der Waals surface area contributed by atoms with Crippen LogP contribution in [-0.4, -0.2) is 25.0 Å². The Balaban J connectivity index is 1.65. The van der Waals surface area contributed by atoms with Crippen molar-refractivity contribution in [2.24, 2.45) is 16.8 Å². The molecule has 2 aliphatic rings. The lowest BCUT2D eigenvalue weighted by atomic mass is 9.96. The normalized spacial score (nSPS) is 22.1. The fraction of sp³-hybridized carbons (Fsp3) is 0.286. The highest BCUT2D eigenvalue weighted by Crippen LogP contribution is 2.30. The standard InChI is InChI=1S/C21H20N6O/c22-13-15(12-17-8-9-19(28-17)26-10-4-5-11-26)20-18(14-23)21(24)27(25-20)16-6-2-1-3-7-16/h1-3,6-9,12,18,21H,4-5,10-11,24H2/b15-12-/t18-,21-/m1/s1. The third kappa shape index (κ3) is 3.24. The smallest absolute Gasteiger partial charge is 0.196 e. The minimum atomic E-state index is -0.709. The van der Waals surface area contributed by atoms with Crippen LogP contribution in [0.15, 0.2) is 57.6 Å². The van der Waals surface area contributed by atoms with E-state index in [0.29, 0.717) is 11.5 Å². The Kier molecular flexibility index (Phi) is 4.84. The molecule has 1 aromatic carbocycles. The molecule has 0 saturated carbocycles. The minimum absolute atomic E-state index is 0.280. The maximum absolute atomic E-state index is 9.70. The number of nitrogens with two attached hydrogens (primary N) is 1. The Labute approximate surface area is 163 Å². The van der Waals surface area contributed by atoms with Crippen molar-refractivity contribution in [3.05, 3.63) is 53.8 Å². The van der Waals surface area contributed by atoms with Crippen molar-refractivity contribution in [3.8, 4) is 12.1 Å². The fourth-order valence-electron chi connectivity index (χ4n) is 3.55. The van der Waals surface area contributed by atoms with E-state index in [4.69, 9.17) is 10.2 Å². The van der Waals surface area contributed by atoms with Gasteiger partial charge in [0.2, 0.25) is 0 Å². The highest BCUT2D eigenvalue weighted by Gasteiger charge is 2.37. The Morgan fingerprint density at radius 3 is 2.57 bits per heavy atom. The van der Waals surface area contributed by atoms with Gasteiger partial charge in [0.15, 0.2) is 5.88 Å². The van der Waals surface area contributed by atoms with Crippen LogP contribution in [0.2, 0.25) is 0 Å². The number of anilines is 2. The summed E-state index contributed by atoms with van der Waals surface area (Å²) in [6.45, 7) is 1.96. The zero-order valence-electron chi connectivity index (χ0n) is 15.3. The van der Waals surface area contributed by atoms with Gasteiger partial charge in [-0.3, -0.25) is 0 Å². The molecule has 1 saturated heterocycles. The summed E-state index contributed by atoms with van der Waals surface area (Å²) in [5.41, 5.74) is 7.67. The van der Waals surface area contributed by atoms with Crippen molar-refractivity contribution >= 4 is 23.4 Å². The summed E-state index contributed by atoms with van der Waals surface area (Å²) in [5, 5.41) is 25.4. The van der Waals surface area contributed by atoms with Crippen LogP contribution in [0.1, 0.15) is 18.6 Å². The summed E-state index contributed by atoms with van der Waals surface area (Å²) in [5.74, 6) is 0.651. The quantitative estimate of drug-likeness (QED) is 0.827. The molecule has 2 aromatic rings. The maximum Gasteiger partial charge on any atom is 0.196 e. The molecular weight excluding hydrogens is 352 g/mol. The molecular formula is C21H20N6O. The van der Waals surface area contributed by atoms with Crippen LogP contribution in [0.4, 0.5) is 11.6 Å². The van der Waals surface area contributed by atoms with E-state index in [0.717, 1.165) is 37.5 Å². The number of hydrogen-bond acceptors (Lipinski definition) is 7. The summed E-state index contributed by atoms with van der Waals surface area (Å²) < 4.78 is 5.88. The molecule has 0 aliphatic carbocycles. The van der Waals surface area contributed by atoms with Crippen LogP contribution in [0, 0.1) is 28.6 Å². The van der Waals surface area contributed by atoms with Gasteiger partial charge in [-0.1, -0.05) is 18.2 Å². The van der Waals surface area contributed by atoms with Gasteiger partial charge in [-0.2, -0.15) is 15.6 Å². The van der Waals surface area contributed by atoms with E-state index in [1.165, 1.54) is 0 Å². The van der Waals surface area contributed by atoms with Gasteiger partial charge in [-0.15, -0.1) is 0 Å². The number of rotatable bonds is 4. The lowest BCUT2D eigenvalue weighted by Crippen LogP contribution is -2.40. The third-order valence-corrected chi connectivity index (χ3v) is 5.01. The summed E-state index contributed by atoms with van der Waals surface area (Å²) >= 11 is 0. The molecule has 1 fully saturated rings. The SMILES string of the molecule is N#C/C(=C/c1ccc(N2CCCC2)o1)C1=NN(c2ccccc2)[C@@H](N)[C@@H]1C#N. The molecule has 0 radical (unpaired) electrons. The van der Waals surface area contributed by atoms with Crippen LogP contribution in [0.25, 0.3) is 6.08 Å². The second kappa shape index (κ2) is 7.59. The van der Waals surface area contributed by atoms with Gasteiger partial charge < -0.3 is 15.1 Å². The Morgan fingerprint density at radius 1 is 1.14 bits per heavy atom. The van der Waals surface area contributed by atoms with E-state index >= 15 is 0 Å². The molecule has 0 amide bonds. The van der Waals surface area contributed by atoms with Gasteiger partial charge in [0.1, 0.15) is 23.9 Å². The van der Waals surface area contributed by atoms with Crippen molar-refractivity contribution in [1.29, 1.82) is 10.5 Å². The first-order chi connectivity index (χ1) is 13.7. The molecule has 2 aliphatic heterocycles. The average Bonchev–Trinajstić information content (AvgIpc) is 3.46. The summed E-state index contributed by atoms with van der Waals surface area (Å²) in [4.78, 5) is 2.18. The number of allylic oxidation sites excluding steroid dienone is 1. The van der Waals surface area contributed by atoms with Gasteiger partial charge in [-0.25, -0.2) is 5.01 Å². The molecule has 7 nitrogen and oxygen atoms in total. The summed E-state index contributed by atoms with van der Waals surface area (Å²) in [6.07, 6.45) is 3.28. The number of nitriles is 2. The van der Waals surface area contributed by atoms with Crippen LogP contribution >= 0.6 is 0 Å². The van der Waals surface area contributed by atoms with E-state index < -0.39 is 12.1 Å². The molecule has 0 unspecified atom stereocenters. The number of para-hydroxylation sites is 1. The Morgan fingerprint density at radius 2 is 1.89 bits per heavy atom. The number of hydrazone groups is 1. The van der Waals surface area contributed by atoms with Crippen molar-refractivity contribution < 1.29 is 4.42 Å². The minimum Gasteiger partial charge on any atom is -0.441 e. The van der Waals surface area contributed by atoms with Crippen molar-refractivity contribution in [3.63, 3.8) is 0 Å². The molecule has 3 heterocycles. The lowest BCUT2D eigenvalue weighted by Gasteiger charge is -2.21. The van der Waals surface area contributed by atoms with Crippen LogP contribution in [0.5, 0.6) is 0 Å². The van der Waals surface area contributed by atoms with Crippen LogP contribution in [-0.2, 0) is 0 Å². The fourth-order valence-corrected chi connectivity index (χ4v) is 3.55. The highest BCUT2D eigenvalue weighted by molar-refractivity contribution is 6.11. The van der Waals surface area contributed by atoms with Crippen molar-refractivity contribution in [1.82, 2.24) is 0 Å². The predicted molar refractivity (Wildman–Crippen MR) is 107 cm³/mol. The first kappa shape index (κ1) is 17.8. The molecule has 4 rings (SSSR count). The van der Waals surface area contributed by atoms with Gasteiger partial charge in [0.25, 0.3) is 0 Å². The zero-order chi connectivity index (χ0) is 19.5. The first-order valence-corrected chi connectivity index (χ1v) is 9.26. The number of furan rings is 1. The van der Waals surface area contributed by atoms with Crippen LogP contribution < -0.4 is 15.6 Å². The summed E-state index contributed by atoms with van der Waals surface area (Å²) in [6, 6.07) is 17.5. The van der Waals surface area contributed by atoms with Crippen LogP contribution in [0.3, 0.4) is 0 Å². The van der Waals surface area contributed by atoms with Gasteiger partial charge in [0, 0.05) is 25.2 Å². The van der Waals surface area contributed by atoms with Gasteiger partial charge >= 0.3 is 0 Å². The van der Waals surface area contributed by atoms with Crippen molar-refractivity contribution in [2.75, 3.05) is 23.0 Å². The topological polar surface area (TPSA) is 106 Å². The molecule has 0 spiro atoms. The third-order valence-electron chi connectivity index (χ3n) is 5.01. The van der Waals surface area contributed by atoms with E-state index in [2.05, 4.69) is 22.1 Å². The average molecular weight is 372 g/mol. The number of benzene rings is 1. The monoisotopic (exact) mass is 372 g/mol. The molecule has 0 bridgehead atoms. The molecule has 28 heavy (non-hydrogen) atoms. The number of nitrogens with zero attached hydrogens (tertiary/aromatic N) is 5.